The number of dihydropyridines is 1. The van der Waals surface area contributed by atoms with E-state index in [0.29, 0.717) is 40.3 Å². The van der Waals surface area contributed by atoms with Gasteiger partial charge in [-0.3, -0.25) is 9.59 Å². The van der Waals surface area contributed by atoms with E-state index in [0.717, 1.165) is 5.70 Å². The summed E-state index contributed by atoms with van der Waals surface area (Å²) in [5, 5.41) is 3.24. The van der Waals surface area contributed by atoms with Crippen LogP contribution in [-0.2, 0) is 23.9 Å². The van der Waals surface area contributed by atoms with Crippen molar-refractivity contribution in [1.29, 1.82) is 0 Å². The molecule has 0 bridgehead atoms. The lowest BCUT2D eigenvalue weighted by atomic mass is 9.69. The number of Topliss-reactive ketones (excluding diaryl/α,β-unsaturated/α-hetero) is 1. The molecule has 2 aliphatic heterocycles. The van der Waals surface area contributed by atoms with Gasteiger partial charge in [0.05, 0.1) is 18.8 Å². The molecule has 0 saturated carbocycles. The van der Waals surface area contributed by atoms with Crippen LogP contribution < -0.4 is 14.8 Å². The van der Waals surface area contributed by atoms with Crippen molar-refractivity contribution < 1.29 is 33.3 Å². The molecular weight excluding hydrogens is 414 g/mol. The Labute approximate surface area is 186 Å². The molecule has 8 nitrogen and oxygen atoms in total. The summed E-state index contributed by atoms with van der Waals surface area (Å²) in [6.07, 6.45) is 0.485. The van der Waals surface area contributed by atoms with Gasteiger partial charge in [0.25, 0.3) is 0 Å². The molecular formula is C24H27NO7. The zero-order chi connectivity index (χ0) is 23.0. The minimum Gasteiger partial charge on any atom is -0.465 e. The maximum Gasteiger partial charge on any atom is 0.336 e. The molecule has 0 amide bonds. The predicted octanol–water partition coefficient (Wildman–Crippen LogP) is 2.98. The third-order valence-corrected chi connectivity index (χ3v) is 6.05. The van der Waals surface area contributed by atoms with Crippen LogP contribution >= 0.6 is 0 Å². The fraction of sp³-hybridized carbons (Fsp3) is 0.458. The largest absolute Gasteiger partial charge is 0.465 e. The van der Waals surface area contributed by atoms with E-state index in [1.165, 1.54) is 0 Å². The first kappa shape index (κ1) is 21.9. The van der Waals surface area contributed by atoms with Gasteiger partial charge in [-0.25, -0.2) is 4.79 Å². The van der Waals surface area contributed by atoms with Gasteiger partial charge in [0.2, 0.25) is 6.79 Å². The lowest BCUT2D eigenvalue weighted by Crippen LogP contribution is -2.43. The van der Waals surface area contributed by atoms with Gasteiger partial charge in [0.15, 0.2) is 17.3 Å². The minimum atomic E-state index is -0.922. The van der Waals surface area contributed by atoms with Crippen molar-refractivity contribution in [2.45, 2.75) is 40.0 Å². The van der Waals surface area contributed by atoms with Crippen LogP contribution in [0.1, 0.15) is 45.6 Å². The SMILES string of the molecule is CCOC(=O)C1=C(C)NC2=C(C(=O)[C@H](C(=O)OCC)[C@H](C)C2)[C@H]1c1ccc2c(c1)OCO2. The van der Waals surface area contributed by atoms with E-state index < -0.39 is 23.8 Å². The molecule has 0 unspecified atom stereocenters. The summed E-state index contributed by atoms with van der Waals surface area (Å²) < 4.78 is 21.5. The number of nitrogens with one attached hydrogen (secondary N) is 1. The highest BCUT2D eigenvalue weighted by Gasteiger charge is 2.47. The van der Waals surface area contributed by atoms with E-state index in [-0.39, 0.29) is 31.7 Å². The van der Waals surface area contributed by atoms with Crippen LogP contribution in [0, 0.1) is 11.8 Å². The van der Waals surface area contributed by atoms with Crippen molar-refractivity contribution in [2.75, 3.05) is 20.0 Å². The van der Waals surface area contributed by atoms with Gasteiger partial charge in [-0.1, -0.05) is 13.0 Å². The van der Waals surface area contributed by atoms with Crippen molar-refractivity contribution in [1.82, 2.24) is 5.32 Å². The molecule has 1 aromatic carbocycles. The molecule has 0 radical (unpaired) electrons. The van der Waals surface area contributed by atoms with Gasteiger partial charge >= 0.3 is 11.9 Å². The molecule has 4 rings (SSSR count). The molecule has 32 heavy (non-hydrogen) atoms. The lowest BCUT2D eigenvalue weighted by molar-refractivity contribution is -0.153. The van der Waals surface area contributed by atoms with Gasteiger partial charge in [-0.2, -0.15) is 0 Å². The van der Waals surface area contributed by atoms with Crippen molar-refractivity contribution in [3.05, 3.63) is 46.3 Å². The number of carbonyl (C=O) groups excluding carboxylic acids is 3. The first-order chi connectivity index (χ1) is 15.4. The third kappa shape index (κ3) is 3.63. The third-order valence-electron chi connectivity index (χ3n) is 6.05. The Morgan fingerprint density at radius 1 is 1.12 bits per heavy atom. The highest BCUT2D eigenvalue weighted by atomic mass is 16.7. The van der Waals surface area contributed by atoms with Crippen molar-refractivity contribution in [2.24, 2.45) is 11.8 Å². The molecule has 0 spiro atoms. The number of ketones is 1. The highest BCUT2D eigenvalue weighted by molar-refractivity contribution is 6.12. The molecule has 1 aromatic rings. The van der Waals surface area contributed by atoms with Gasteiger partial charge in [0, 0.05) is 22.9 Å². The summed E-state index contributed by atoms with van der Waals surface area (Å²) in [6, 6.07) is 5.35. The number of hydrogen-bond donors (Lipinski definition) is 1. The number of carbonyl (C=O) groups is 3. The number of ether oxygens (including phenoxy) is 4. The highest BCUT2D eigenvalue weighted by Crippen LogP contribution is 2.47. The summed E-state index contributed by atoms with van der Waals surface area (Å²) in [5.41, 5.74) is 2.77. The maximum atomic E-state index is 13.7. The quantitative estimate of drug-likeness (QED) is 0.550. The van der Waals surface area contributed by atoms with E-state index in [4.69, 9.17) is 18.9 Å². The Morgan fingerprint density at radius 2 is 1.84 bits per heavy atom. The second-order valence-electron chi connectivity index (χ2n) is 8.10. The van der Waals surface area contributed by atoms with Crippen molar-refractivity contribution in [3.8, 4) is 11.5 Å². The number of allylic oxidation sites excluding steroid dienone is 3. The molecule has 1 N–H and O–H groups in total. The van der Waals surface area contributed by atoms with Gasteiger partial charge in [-0.15, -0.1) is 0 Å². The normalized spacial score (nSPS) is 24.1. The molecule has 0 fully saturated rings. The van der Waals surface area contributed by atoms with Crippen LogP contribution in [0.4, 0.5) is 0 Å². The van der Waals surface area contributed by atoms with Gasteiger partial charge < -0.3 is 24.3 Å². The Morgan fingerprint density at radius 3 is 2.56 bits per heavy atom. The summed E-state index contributed by atoms with van der Waals surface area (Å²) in [5.74, 6) is -2.09. The molecule has 0 saturated heterocycles. The van der Waals surface area contributed by atoms with Gasteiger partial charge in [0.1, 0.15) is 5.92 Å². The zero-order valence-corrected chi connectivity index (χ0v) is 18.7. The number of hydrogen-bond acceptors (Lipinski definition) is 8. The number of fused-ring (bicyclic) bond motifs is 1. The predicted molar refractivity (Wildman–Crippen MR) is 114 cm³/mol. The molecule has 8 heteroatoms. The Hall–Kier alpha value is -3.29. The Balaban J connectivity index is 1.85. The fourth-order valence-corrected chi connectivity index (χ4v) is 4.69. The Bertz CT molecular complexity index is 1040. The fourth-order valence-electron chi connectivity index (χ4n) is 4.69. The summed E-state index contributed by atoms with van der Waals surface area (Å²) in [6.45, 7) is 7.60. The number of rotatable bonds is 5. The van der Waals surface area contributed by atoms with E-state index in [9.17, 15) is 14.4 Å². The lowest BCUT2D eigenvalue weighted by Gasteiger charge is -2.38. The topological polar surface area (TPSA) is 100 Å². The smallest absolute Gasteiger partial charge is 0.336 e. The van der Waals surface area contributed by atoms with Crippen LogP contribution in [0.25, 0.3) is 0 Å². The number of benzene rings is 1. The average molecular weight is 441 g/mol. The summed E-state index contributed by atoms with van der Waals surface area (Å²) in [7, 11) is 0. The Kier molecular flexibility index (Phi) is 5.95. The minimum absolute atomic E-state index is 0.111. The summed E-state index contributed by atoms with van der Waals surface area (Å²) in [4.78, 5) is 39.3. The molecule has 170 valence electrons. The summed E-state index contributed by atoms with van der Waals surface area (Å²) >= 11 is 0. The van der Waals surface area contributed by atoms with E-state index in [1.54, 1.807) is 32.9 Å². The van der Waals surface area contributed by atoms with Crippen LogP contribution in [0.15, 0.2) is 40.7 Å². The van der Waals surface area contributed by atoms with Crippen molar-refractivity contribution >= 4 is 17.7 Å². The first-order valence-electron chi connectivity index (χ1n) is 10.9. The zero-order valence-electron chi connectivity index (χ0n) is 18.7. The van der Waals surface area contributed by atoms with Crippen molar-refractivity contribution in [3.63, 3.8) is 0 Å². The second-order valence-corrected chi connectivity index (χ2v) is 8.10. The van der Waals surface area contributed by atoms with E-state index in [2.05, 4.69) is 5.32 Å². The standard InChI is InChI=1S/C24H27NO7/c1-5-29-23(27)18-12(3)9-15-21(22(18)26)20(19(13(4)25-15)24(28)30-6-2)14-7-8-16-17(10-14)32-11-31-16/h7-8,10,12,18,20,25H,5-6,9,11H2,1-4H3/t12-,18-,20+/m1/s1. The van der Waals surface area contributed by atoms with E-state index >= 15 is 0 Å². The van der Waals surface area contributed by atoms with Crippen LogP contribution in [0.2, 0.25) is 0 Å². The molecule has 3 aliphatic rings. The molecule has 2 heterocycles. The molecule has 3 atom stereocenters. The monoisotopic (exact) mass is 441 g/mol. The molecule has 0 aromatic heterocycles. The second kappa shape index (κ2) is 8.68. The van der Waals surface area contributed by atoms with Gasteiger partial charge in [-0.05, 0) is 50.8 Å². The number of esters is 2. The van der Waals surface area contributed by atoms with E-state index in [1.807, 2.05) is 13.0 Å². The average Bonchev–Trinajstić information content (AvgIpc) is 3.20. The molecule has 1 aliphatic carbocycles. The maximum absolute atomic E-state index is 13.7. The van der Waals surface area contributed by atoms with Crippen LogP contribution in [-0.4, -0.2) is 37.7 Å². The first-order valence-corrected chi connectivity index (χ1v) is 10.9. The van der Waals surface area contributed by atoms with Crippen LogP contribution in [0.5, 0.6) is 11.5 Å². The van der Waals surface area contributed by atoms with Crippen LogP contribution in [0.3, 0.4) is 0 Å².